The molecule has 0 saturated carbocycles. The normalized spacial score (nSPS) is 12.3. The highest BCUT2D eigenvalue weighted by Crippen LogP contribution is 2.37. The number of aliphatic hydroxyl groups excluding tert-OH is 1. The summed E-state index contributed by atoms with van der Waals surface area (Å²) >= 11 is 0. The fourth-order valence-corrected chi connectivity index (χ4v) is 5.05. The Morgan fingerprint density at radius 2 is 1.53 bits per heavy atom. The minimum atomic E-state index is -1.67. The number of ether oxygens (including phenoxy) is 6. The Balaban J connectivity index is 1.70. The van der Waals surface area contributed by atoms with Gasteiger partial charge in [0, 0.05) is 29.6 Å². The summed E-state index contributed by atoms with van der Waals surface area (Å²) < 4.78 is 50.3. The zero-order valence-electron chi connectivity index (χ0n) is 34.8. The number of rotatable bonds is 17. The van der Waals surface area contributed by atoms with Gasteiger partial charge in [-0.3, -0.25) is 20.3 Å². The second-order valence-corrected chi connectivity index (χ2v) is 16.4. The highest BCUT2D eigenvalue weighted by molar-refractivity contribution is 6.04. The van der Waals surface area contributed by atoms with Crippen LogP contribution in [0, 0.1) is 27.5 Å². The number of carbonyl (C=O) groups is 3. The number of aliphatic hydroxyl groups is 1. The lowest BCUT2D eigenvalue weighted by Crippen LogP contribution is -2.38. The van der Waals surface area contributed by atoms with Gasteiger partial charge in [0.15, 0.2) is 22.8 Å². The Morgan fingerprint density at radius 3 is 2.14 bits per heavy atom. The molecule has 0 fully saturated rings. The molecule has 0 spiro atoms. The summed E-state index contributed by atoms with van der Waals surface area (Å²) in [6.45, 7) is 13.1. The third-order valence-corrected chi connectivity index (χ3v) is 8.23. The van der Waals surface area contributed by atoms with Gasteiger partial charge in [-0.05, 0) is 48.8 Å². The molecule has 17 nitrogen and oxygen atoms in total. The van der Waals surface area contributed by atoms with Crippen molar-refractivity contribution in [3.05, 3.63) is 83.2 Å². The Bertz CT molecular complexity index is 2080. The summed E-state index contributed by atoms with van der Waals surface area (Å²) in [6.07, 6.45) is 2.22. The minimum Gasteiger partial charge on any atom is -0.497 e. The van der Waals surface area contributed by atoms with Gasteiger partial charge in [-0.2, -0.15) is 4.98 Å². The highest BCUT2D eigenvalue weighted by Gasteiger charge is 2.40. The first kappa shape index (κ1) is 45.5. The van der Waals surface area contributed by atoms with Crippen molar-refractivity contribution in [2.24, 2.45) is 16.2 Å². The average molecular weight is 822 g/mol. The van der Waals surface area contributed by atoms with Gasteiger partial charge in [0.2, 0.25) is 6.79 Å². The molecular formula is C41H52FN7O10. The number of hydrogen-bond acceptors (Lipinski definition) is 15. The average Bonchev–Trinajstić information content (AvgIpc) is 3.61. The van der Waals surface area contributed by atoms with E-state index in [0.29, 0.717) is 11.1 Å². The molecular weight excluding hydrogens is 769 g/mol. The topological polar surface area (TPSA) is 219 Å². The molecule has 2 aromatic carbocycles. The fourth-order valence-electron chi connectivity index (χ4n) is 5.05. The van der Waals surface area contributed by atoms with E-state index in [1.807, 2.05) is 41.5 Å². The van der Waals surface area contributed by atoms with Gasteiger partial charge in [-0.1, -0.05) is 65.8 Å². The number of aromatic nitrogens is 5. The maximum atomic E-state index is 16.4. The molecule has 0 aliphatic heterocycles. The van der Waals surface area contributed by atoms with E-state index < -0.39 is 42.0 Å². The predicted octanol–water partition coefficient (Wildman–Crippen LogP) is 5.54. The van der Waals surface area contributed by atoms with Gasteiger partial charge in [0.05, 0.1) is 32.8 Å². The number of amidine groups is 1. The van der Waals surface area contributed by atoms with Gasteiger partial charge in [-0.25, -0.2) is 19.2 Å². The summed E-state index contributed by atoms with van der Waals surface area (Å²) in [4.78, 5) is 51.3. The molecule has 1 amide bonds. The van der Waals surface area contributed by atoms with Crippen molar-refractivity contribution in [2.45, 2.75) is 67.7 Å². The van der Waals surface area contributed by atoms with Gasteiger partial charge in [-0.15, -0.1) is 9.78 Å². The van der Waals surface area contributed by atoms with Crippen LogP contribution in [0.15, 0.2) is 54.9 Å². The van der Waals surface area contributed by atoms with Gasteiger partial charge < -0.3 is 33.5 Å². The molecule has 0 unspecified atom stereocenters. The number of hydrogen-bond donors (Lipinski definition) is 3. The molecule has 2 heterocycles. The monoisotopic (exact) mass is 821 g/mol. The van der Waals surface area contributed by atoms with Crippen LogP contribution in [-0.2, 0) is 30.2 Å². The summed E-state index contributed by atoms with van der Waals surface area (Å²) in [6, 6.07) is 10.8. The van der Waals surface area contributed by atoms with Crippen LogP contribution in [0.25, 0.3) is 5.95 Å². The van der Waals surface area contributed by atoms with Crippen LogP contribution < -0.4 is 19.5 Å². The molecule has 4 rings (SSSR count). The van der Waals surface area contributed by atoms with Crippen LogP contribution in [-0.4, -0.2) is 94.0 Å². The van der Waals surface area contributed by atoms with E-state index in [1.54, 1.807) is 30.3 Å². The third kappa shape index (κ3) is 12.9. The minimum absolute atomic E-state index is 0.0187. The van der Waals surface area contributed by atoms with Crippen LogP contribution in [0.2, 0.25) is 0 Å². The third-order valence-electron chi connectivity index (χ3n) is 8.23. The molecule has 0 aliphatic rings. The number of carbonyl (C=O) groups excluding carboxylic acids is 3. The molecule has 2 aromatic heterocycles. The predicted molar refractivity (Wildman–Crippen MR) is 211 cm³/mol. The van der Waals surface area contributed by atoms with Gasteiger partial charge in [0.25, 0.3) is 5.95 Å². The van der Waals surface area contributed by atoms with Crippen LogP contribution in [0.1, 0.15) is 83.8 Å². The van der Waals surface area contributed by atoms with Crippen molar-refractivity contribution in [3.63, 3.8) is 0 Å². The van der Waals surface area contributed by atoms with Gasteiger partial charge >= 0.3 is 24.0 Å². The Hall–Kier alpha value is -6.17. The van der Waals surface area contributed by atoms with E-state index >= 15 is 4.39 Å². The Labute approximate surface area is 342 Å². The van der Waals surface area contributed by atoms with E-state index in [4.69, 9.17) is 33.8 Å². The van der Waals surface area contributed by atoms with Crippen LogP contribution in [0.5, 0.6) is 17.5 Å². The first-order valence-corrected chi connectivity index (χ1v) is 18.7. The number of halogens is 1. The zero-order chi connectivity index (χ0) is 43.5. The first-order valence-electron chi connectivity index (χ1n) is 18.7. The molecule has 1 atom stereocenters. The molecule has 3 N–H and O–H groups in total. The quantitative estimate of drug-likeness (QED) is 0.0297. The summed E-state index contributed by atoms with van der Waals surface area (Å²) in [5, 5.41) is 24.9. The number of nitrogens with zero attached hydrogens (tertiary/aromatic N) is 5. The Kier molecular flexibility index (Phi) is 15.1. The smallest absolute Gasteiger partial charge is 0.412 e. The molecule has 0 saturated heterocycles. The van der Waals surface area contributed by atoms with E-state index in [0.717, 1.165) is 4.68 Å². The lowest BCUT2D eigenvalue weighted by atomic mass is 9.90. The van der Waals surface area contributed by atoms with Crippen LogP contribution in [0.4, 0.5) is 9.18 Å². The fraction of sp³-hybridized carbons (Fsp3) is 0.463. The summed E-state index contributed by atoms with van der Waals surface area (Å²) in [7, 11) is 1.40. The number of benzene rings is 2. The summed E-state index contributed by atoms with van der Waals surface area (Å²) in [5.41, 5.74) is -1.17. The maximum Gasteiger partial charge on any atom is 0.412 e. The first-order chi connectivity index (χ1) is 27.7. The summed E-state index contributed by atoms with van der Waals surface area (Å²) in [5.74, 6) is -3.54. The lowest BCUT2D eigenvalue weighted by Gasteiger charge is -2.24. The van der Waals surface area contributed by atoms with E-state index in [2.05, 4.69) is 25.4 Å². The van der Waals surface area contributed by atoms with E-state index in [1.165, 1.54) is 45.5 Å². The van der Waals surface area contributed by atoms with Crippen molar-refractivity contribution in [1.82, 2.24) is 30.0 Å². The lowest BCUT2D eigenvalue weighted by molar-refractivity contribution is -0.175. The number of alkyl carbamates (subject to hydrolysis) is 1. The van der Waals surface area contributed by atoms with Crippen molar-refractivity contribution < 1.29 is 52.3 Å². The molecule has 59 heavy (non-hydrogen) atoms. The number of esters is 2. The number of amides is 1. The molecule has 18 heteroatoms. The maximum absolute atomic E-state index is 16.4. The standard InChI is InChI=1S/C41H52FN7O10/c1-39(2,3)22-56-34(51)41(7,8)35(52)58-24-59-37-47-33(48-49(37)36-44-15-10-16-45-36)29(28-20-27(54-9)21-30(31(28)42)55-18-17-50)19-25-11-13-26(14-12-25)32(43)46-38(53)57-23-40(4,5)6/h10-16,20-21,29,50H,17-19,22-24H2,1-9H3,(H2,43,46,53)/t29-/m1/s1. The molecule has 318 valence electrons. The van der Waals surface area contributed by atoms with Crippen molar-refractivity contribution in [2.75, 3.05) is 40.3 Å². The van der Waals surface area contributed by atoms with Crippen molar-refractivity contribution in [3.8, 4) is 23.5 Å². The molecule has 0 radical (unpaired) electrons. The second-order valence-electron chi connectivity index (χ2n) is 16.4. The van der Waals surface area contributed by atoms with E-state index in [-0.39, 0.29) is 84.4 Å². The van der Waals surface area contributed by atoms with Crippen LogP contribution in [0.3, 0.4) is 0 Å². The zero-order valence-corrected chi connectivity index (χ0v) is 34.8. The number of methoxy groups -OCH3 is 1. The molecule has 0 aliphatic carbocycles. The molecule has 4 aromatic rings. The van der Waals surface area contributed by atoms with Crippen LogP contribution >= 0.6 is 0 Å². The van der Waals surface area contributed by atoms with Gasteiger partial charge in [0.1, 0.15) is 18.2 Å². The SMILES string of the molecule is COc1cc(OCCO)c(F)c([C@@H](Cc2ccc(C(=N)NC(=O)OCC(C)(C)C)cc2)c2nc(OCOC(=O)C(C)(C)C(=O)OCC(C)(C)C)n(-c3ncccn3)n2)c1. The van der Waals surface area contributed by atoms with E-state index in [9.17, 15) is 19.5 Å². The van der Waals surface area contributed by atoms with Crippen molar-refractivity contribution >= 4 is 23.9 Å². The van der Waals surface area contributed by atoms with Crippen molar-refractivity contribution in [1.29, 1.82) is 5.41 Å². The second kappa shape index (κ2) is 19.5. The number of nitrogens with one attached hydrogen (secondary N) is 2. The highest BCUT2D eigenvalue weighted by atomic mass is 19.1. The largest absolute Gasteiger partial charge is 0.497 e. The Morgan fingerprint density at radius 1 is 0.898 bits per heavy atom. The molecule has 0 bridgehead atoms.